The van der Waals surface area contributed by atoms with Crippen LogP contribution in [-0.4, -0.2) is 140 Å². The number of allylic oxidation sites excluding steroid dienone is 13. The Morgan fingerprint density at radius 2 is 1.01 bits per heavy atom. The third-order valence-electron chi connectivity index (χ3n) is 12.3. The maximum atomic E-state index is 13.2. The number of carbonyl (C=O) groups is 1. The van der Waals surface area contributed by atoms with Crippen molar-refractivity contribution >= 4 is 5.91 Å². The van der Waals surface area contributed by atoms with Crippen molar-refractivity contribution in [1.82, 2.24) is 5.32 Å². The van der Waals surface area contributed by atoms with Crippen molar-refractivity contribution in [1.29, 1.82) is 0 Å². The number of aliphatic hydroxyl groups excluding tert-OH is 8. The lowest BCUT2D eigenvalue weighted by Gasteiger charge is -2.46. The third-order valence-corrected chi connectivity index (χ3v) is 12.3. The molecule has 69 heavy (non-hydrogen) atoms. The van der Waals surface area contributed by atoms with Crippen molar-refractivity contribution in [2.24, 2.45) is 0 Å². The predicted octanol–water partition coefficient (Wildman–Crippen LogP) is 7.38. The monoisotopic (exact) mass is 976 g/mol. The minimum absolute atomic E-state index is 0.191. The summed E-state index contributed by atoms with van der Waals surface area (Å²) in [6.07, 6.45) is 36.3. The number of nitrogens with one attached hydrogen (secondary N) is 1. The van der Waals surface area contributed by atoms with Gasteiger partial charge in [0.15, 0.2) is 12.6 Å². The molecule has 12 atom stereocenters. The molecular formula is C55H93NO13. The van der Waals surface area contributed by atoms with E-state index in [-0.39, 0.29) is 18.9 Å². The highest BCUT2D eigenvalue weighted by atomic mass is 16.7. The number of rotatable bonds is 39. The minimum Gasteiger partial charge on any atom is -0.394 e. The number of hydrogen-bond acceptors (Lipinski definition) is 13. The third kappa shape index (κ3) is 27.5. The van der Waals surface area contributed by atoms with Crippen LogP contribution < -0.4 is 5.32 Å². The average Bonchev–Trinajstić information content (AvgIpc) is 3.35. The van der Waals surface area contributed by atoms with Gasteiger partial charge in [0.1, 0.15) is 48.8 Å². The van der Waals surface area contributed by atoms with Crippen LogP contribution in [0, 0.1) is 0 Å². The molecule has 2 aliphatic heterocycles. The summed E-state index contributed by atoms with van der Waals surface area (Å²) in [4.78, 5) is 13.2. The summed E-state index contributed by atoms with van der Waals surface area (Å²) in [6.45, 7) is 2.60. The van der Waals surface area contributed by atoms with Gasteiger partial charge in [-0.3, -0.25) is 4.79 Å². The van der Waals surface area contributed by atoms with Crippen molar-refractivity contribution < 1.29 is 64.6 Å². The molecule has 14 heteroatoms. The zero-order chi connectivity index (χ0) is 50.3. The smallest absolute Gasteiger partial charge is 0.220 e. The van der Waals surface area contributed by atoms with Gasteiger partial charge >= 0.3 is 0 Å². The molecule has 0 aromatic rings. The van der Waals surface area contributed by atoms with Crippen LogP contribution in [0.1, 0.15) is 162 Å². The molecule has 1 amide bonds. The number of hydrogen-bond donors (Lipinski definition) is 9. The molecule has 2 aliphatic rings. The predicted molar refractivity (Wildman–Crippen MR) is 272 cm³/mol. The van der Waals surface area contributed by atoms with Gasteiger partial charge < -0.3 is 65.1 Å². The summed E-state index contributed by atoms with van der Waals surface area (Å²) < 4.78 is 22.7. The quantitative estimate of drug-likeness (QED) is 0.0217. The Bertz CT molecular complexity index is 1480. The van der Waals surface area contributed by atoms with E-state index in [4.69, 9.17) is 18.9 Å². The van der Waals surface area contributed by atoms with Crippen molar-refractivity contribution in [2.45, 2.75) is 235 Å². The Morgan fingerprint density at radius 1 is 0.536 bits per heavy atom. The summed E-state index contributed by atoms with van der Waals surface area (Å²) in [5.74, 6) is -0.310. The summed E-state index contributed by atoms with van der Waals surface area (Å²) in [7, 11) is 0. The molecule has 0 saturated carbocycles. The number of unbranched alkanes of at least 4 members (excludes halogenated alkanes) is 14. The molecular weight excluding hydrogens is 883 g/mol. The Kier molecular flexibility index (Phi) is 36.8. The highest BCUT2D eigenvalue weighted by molar-refractivity contribution is 5.76. The lowest BCUT2D eigenvalue weighted by Crippen LogP contribution is -2.65. The van der Waals surface area contributed by atoms with Gasteiger partial charge in [-0.25, -0.2) is 0 Å². The highest BCUT2D eigenvalue weighted by Gasteiger charge is 2.51. The number of carbonyl (C=O) groups excluding carboxylic acids is 1. The SMILES string of the molecule is CC/C=C\C/C=C\C/C=C\C/C=C\C/C=C\CCCC(=O)NC(COC1OC(CO)C(OC2OC(CO)C(O)C(O)C2O)C(O)C1O)C(O)/C=C/CC/C=C/CCCCCCCCCCCCCC. The second kappa shape index (κ2) is 40.7. The molecule has 0 bridgehead atoms. The fourth-order valence-corrected chi connectivity index (χ4v) is 8.05. The van der Waals surface area contributed by atoms with Crippen LogP contribution in [0.4, 0.5) is 0 Å². The minimum atomic E-state index is -1.80. The molecule has 396 valence electrons. The summed E-state index contributed by atoms with van der Waals surface area (Å²) in [6, 6.07) is -0.965. The van der Waals surface area contributed by atoms with Crippen molar-refractivity contribution in [3.05, 3.63) is 85.1 Å². The lowest BCUT2D eigenvalue weighted by atomic mass is 9.97. The van der Waals surface area contributed by atoms with Gasteiger partial charge in [-0.1, -0.05) is 170 Å². The van der Waals surface area contributed by atoms with E-state index in [1.165, 1.54) is 77.0 Å². The van der Waals surface area contributed by atoms with Crippen LogP contribution in [0.5, 0.6) is 0 Å². The largest absolute Gasteiger partial charge is 0.394 e. The van der Waals surface area contributed by atoms with E-state index >= 15 is 0 Å². The topological polar surface area (TPSA) is 228 Å². The lowest BCUT2D eigenvalue weighted by molar-refractivity contribution is -0.359. The number of amides is 1. The summed E-state index contributed by atoms with van der Waals surface area (Å²) in [5.41, 5.74) is 0. The zero-order valence-electron chi connectivity index (χ0n) is 42.0. The zero-order valence-corrected chi connectivity index (χ0v) is 42.0. The van der Waals surface area contributed by atoms with E-state index in [9.17, 15) is 45.6 Å². The van der Waals surface area contributed by atoms with E-state index in [0.717, 1.165) is 44.9 Å². The second-order valence-electron chi connectivity index (χ2n) is 18.3. The molecule has 2 saturated heterocycles. The van der Waals surface area contributed by atoms with Gasteiger partial charge in [0.2, 0.25) is 5.91 Å². The van der Waals surface area contributed by atoms with Gasteiger partial charge in [0, 0.05) is 6.42 Å². The fourth-order valence-electron chi connectivity index (χ4n) is 8.05. The van der Waals surface area contributed by atoms with Crippen LogP contribution in [0.25, 0.3) is 0 Å². The molecule has 0 spiro atoms. The molecule has 2 fully saturated rings. The molecule has 9 N–H and O–H groups in total. The summed E-state index contributed by atoms with van der Waals surface area (Å²) in [5, 5.41) is 86.7. The standard InChI is InChI=1S/C55H93NO13/c1-3-5-7-9-11-13-15-17-19-21-23-24-26-28-30-32-34-36-38-44(59)43(56-47(60)39-37-35-33-31-29-27-25-22-20-18-16-14-12-10-8-6-4-2)42-66-54-52(65)50(63)53(46(41-58)68-54)69-55-51(64)49(62)48(61)45(40-57)67-55/h6,8,12,14,18,20,25,27-28,30-31,33,36,38,43-46,48-55,57-59,61-65H,3-5,7,9-11,13,15-17,19,21-24,26,29,32,34-35,37,39-42H2,1-2H3,(H,56,60)/b8-6-,14-12-,20-18-,27-25-,30-28+,33-31-,38-36+. The maximum Gasteiger partial charge on any atom is 0.220 e. The first-order chi connectivity index (χ1) is 33.6. The molecule has 2 rings (SSSR count). The average molecular weight is 976 g/mol. The second-order valence-corrected chi connectivity index (χ2v) is 18.3. The molecule has 0 aliphatic carbocycles. The van der Waals surface area contributed by atoms with E-state index < -0.39 is 86.8 Å². The molecule has 0 aromatic heterocycles. The Balaban J connectivity index is 1.89. The van der Waals surface area contributed by atoms with E-state index in [0.29, 0.717) is 19.3 Å². The Hall–Kier alpha value is -2.83. The first-order valence-corrected chi connectivity index (χ1v) is 26.3. The van der Waals surface area contributed by atoms with Gasteiger partial charge in [-0.05, 0) is 70.6 Å². The molecule has 0 radical (unpaired) electrons. The number of ether oxygens (including phenoxy) is 4. The fraction of sp³-hybridized carbons (Fsp3) is 0.727. The van der Waals surface area contributed by atoms with Crippen LogP contribution in [0.3, 0.4) is 0 Å². The Morgan fingerprint density at radius 3 is 1.59 bits per heavy atom. The van der Waals surface area contributed by atoms with Crippen molar-refractivity contribution in [2.75, 3.05) is 19.8 Å². The number of aliphatic hydroxyl groups is 8. The van der Waals surface area contributed by atoms with Crippen LogP contribution in [-0.2, 0) is 23.7 Å². The van der Waals surface area contributed by atoms with Crippen molar-refractivity contribution in [3.63, 3.8) is 0 Å². The van der Waals surface area contributed by atoms with Gasteiger partial charge in [0.05, 0.1) is 32.0 Å². The molecule has 2 heterocycles. The van der Waals surface area contributed by atoms with Crippen LogP contribution >= 0.6 is 0 Å². The van der Waals surface area contributed by atoms with Gasteiger partial charge in [-0.15, -0.1) is 0 Å². The van der Waals surface area contributed by atoms with Gasteiger partial charge in [-0.2, -0.15) is 0 Å². The first kappa shape index (κ1) is 62.3. The molecule has 14 nitrogen and oxygen atoms in total. The van der Waals surface area contributed by atoms with Crippen LogP contribution in [0.2, 0.25) is 0 Å². The van der Waals surface area contributed by atoms with E-state index in [1.807, 2.05) is 12.2 Å². The van der Waals surface area contributed by atoms with Gasteiger partial charge in [0.25, 0.3) is 0 Å². The highest BCUT2D eigenvalue weighted by Crippen LogP contribution is 2.30. The molecule has 12 unspecified atom stereocenters. The van der Waals surface area contributed by atoms with E-state index in [2.05, 4.69) is 86.0 Å². The maximum absolute atomic E-state index is 13.2. The van der Waals surface area contributed by atoms with E-state index in [1.54, 1.807) is 6.08 Å². The van der Waals surface area contributed by atoms with Crippen LogP contribution in [0.15, 0.2) is 85.1 Å². The van der Waals surface area contributed by atoms with Crippen molar-refractivity contribution in [3.8, 4) is 0 Å². The summed E-state index contributed by atoms with van der Waals surface area (Å²) >= 11 is 0. The molecule has 0 aromatic carbocycles. The Labute approximate surface area is 414 Å². The first-order valence-electron chi connectivity index (χ1n) is 26.3. The normalized spacial score (nSPS) is 26.9.